The Labute approximate surface area is 170 Å². The Hall–Kier alpha value is -1.68. The lowest BCUT2D eigenvalue weighted by molar-refractivity contribution is -0.137. The van der Waals surface area contributed by atoms with Gasteiger partial charge in [0, 0.05) is 18.8 Å². The molecule has 0 aromatic carbocycles. The monoisotopic (exact) mass is 390 g/mol. The number of rotatable bonds is 15. The fourth-order valence-electron chi connectivity index (χ4n) is 3.89. The third-order valence-electron chi connectivity index (χ3n) is 5.60. The number of allylic oxidation sites excluding steroid dienone is 4. The number of hydrogen-bond donors (Lipinski definition) is 2. The van der Waals surface area contributed by atoms with Crippen molar-refractivity contribution in [2.45, 2.75) is 90.1 Å². The van der Waals surface area contributed by atoms with E-state index in [0.717, 1.165) is 63.4 Å². The van der Waals surface area contributed by atoms with Crippen molar-refractivity contribution in [1.29, 1.82) is 0 Å². The summed E-state index contributed by atoms with van der Waals surface area (Å²) in [7, 11) is 0. The smallest absolute Gasteiger partial charge is 0.303 e. The molecular weight excluding hydrogens is 352 g/mol. The number of aliphatic hydroxyl groups is 1. The van der Waals surface area contributed by atoms with Gasteiger partial charge in [-0.1, -0.05) is 69.9 Å². The number of carboxylic acid groups (broad SMARTS) is 1. The minimum Gasteiger partial charge on any atom is -0.481 e. The van der Waals surface area contributed by atoms with Gasteiger partial charge >= 0.3 is 5.97 Å². The van der Waals surface area contributed by atoms with E-state index < -0.39 is 5.97 Å². The van der Waals surface area contributed by atoms with Gasteiger partial charge in [0.25, 0.3) is 0 Å². The molecule has 0 radical (unpaired) electrons. The van der Waals surface area contributed by atoms with E-state index >= 15 is 0 Å². The van der Waals surface area contributed by atoms with E-state index in [2.05, 4.69) is 19.6 Å². The second-order valence-corrected chi connectivity index (χ2v) is 7.95. The van der Waals surface area contributed by atoms with Gasteiger partial charge in [-0.3, -0.25) is 9.59 Å². The maximum atomic E-state index is 12.2. The molecule has 4 heteroatoms. The van der Waals surface area contributed by atoms with Gasteiger partial charge in [0.15, 0.2) is 0 Å². The quantitative estimate of drug-likeness (QED) is 0.281. The lowest BCUT2D eigenvalue weighted by Crippen LogP contribution is -2.13. The van der Waals surface area contributed by atoms with E-state index in [-0.39, 0.29) is 18.4 Å². The van der Waals surface area contributed by atoms with E-state index in [4.69, 9.17) is 5.11 Å². The van der Waals surface area contributed by atoms with Crippen LogP contribution in [0.1, 0.15) is 84.0 Å². The Morgan fingerprint density at radius 2 is 2.00 bits per heavy atom. The van der Waals surface area contributed by atoms with Crippen LogP contribution < -0.4 is 0 Å². The van der Waals surface area contributed by atoms with Crippen LogP contribution in [-0.4, -0.2) is 28.1 Å². The highest BCUT2D eigenvalue weighted by atomic mass is 16.4. The molecule has 0 aromatic rings. The predicted octanol–water partition coefficient (Wildman–Crippen LogP) is 5.62. The van der Waals surface area contributed by atoms with Gasteiger partial charge in [-0.15, -0.1) is 0 Å². The Morgan fingerprint density at radius 1 is 1.25 bits per heavy atom. The van der Waals surface area contributed by atoms with Crippen molar-refractivity contribution < 1.29 is 19.8 Å². The summed E-state index contributed by atoms with van der Waals surface area (Å²) in [5.41, 5.74) is 1.03. The minimum atomic E-state index is -0.735. The van der Waals surface area contributed by atoms with Gasteiger partial charge in [-0.05, 0) is 43.6 Å². The maximum absolute atomic E-state index is 12.2. The molecule has 0 bridgehead atoms. The zero-order valence-electron chi connectivity index (χ0n) is 17.4. The largest absolute Gasteiger partial charge is 0.481 e. The predicted molar refractivity (Wildman–Crippen MR) is 114 cm³/mol. The van der Waals surface area contributed by atoms with Gasteiger partial charge in [0.05, 0.1) is 6.10 Å². The summed E-state index contributed by atoms with van der Waals surface area (Å²) in [6, 6.07) is 0. The fourth-order valence-corrected chi connectivity index (χ4v) is 3.89. The van der Waals surface area contributed by atoms with Crippen molar-refractivity contribution in [1.82, 2.24) is 0 Å². The molecule has 0 amide bonds. The first-order valence-corrected chi connectivity index (χ1v) is 10.9. The van der Waals surface area contributed by atoms with E-state index in [1.165, 1.54) is 0 Å². The third-order valence-corrected chi connectivity index (χ3v) is 5.60. The first-order chi connectivity index (χ1) is 13.5. The standard InChI is InChI=1S/C24H38O4/c1-3-5-13-21(25)18-19(4-2)11-10-12-20-16-17-23(26)22(20)14-8-6-7-9-15-24(27)28/h4,10-12,20-22,25H,2-3,5-9,13-18H2,1H3,(H,27,28)/b12-10+,19-11+/t20-,21?,22+/m0/s1. The molecule has 28 heavy (non-hydrogen) atoms. The van der Waals surface area contributed by atoms with Crippen LogP contribution in [0.25, 0.3) is 0 Å². The van der Waals surface area contributed by atoms with Gasteiger partial charge in [-0.2, -0.15) is 0 Å². The molecule has 1 aliphatic rings. The zero-order chi connectivity index (χ0) is 20.8. The van der Waals surface area contributed by atoms with E-state index in [1.807, 2.05) is 12.2 Å². The van der Waals surface area contributed by atoms with E-state index in [9.17, 15) is 14.7 Å². The summed E-state index contributed by atoms with van der Waals surface area (Å²) >= 11 is 0. The number of carboxylic acids is 1. The summed E-state index contributed by atoms with van der Waals surface area (Å²) in [5.74, 6) is 0.0226. The third kappa shape index (κ3) is 10.0. The molecule has 1 aliphatic carbocycles. The number of aliphatic carboxylic acids is 1. The number of Topliss-reactive ketones (excluding diaryl/α,β-unsaturated/α-hetero) is 1. The highest BCUT2D eigenvalue weighted by molar-refractivity contribution is 5.83. The number of carbonyl (C=O) groups is 2. The van der Waals surface area contributed by atoms with E-state index in [1.54, 1.807) is 6.08 Å². The number of aliphatic hydroxyl groups excluding tert-OH is 1. The number of unbranched alkanes of at least 4 members (excludes halogenated alkanes) is 4. The summed E-state index contributed by atoms with van der Waals surface area (Å²) in [6.07, 6.45) is 17.5. The van der Waals surface area contributed by atoms with Crippen molar-refractivity contribution in [3.8, 4) is 0 Å². The number of ketones is 1. The average Bonchev–Trinajstić information content (AvgIpc) is 3.01. The van der Waals surface area contributed by atoms with Crippen LogP contribution in [0.3, 0.4) is 0 Å². The SMILES string of the molecule is C=C/C(=C\C=C\[C@H]1CCC(=O)[C@@H]1CCCCCCC(=O)O)CC(O)CCCC. The molecule has 1 saturated carbocycles. The fraction of sp³-hybridized carbons (Fsp3) is 0.667. The van der Waals surface area contributed by atoms with Crippen molar-refractivity contribution >= 4 is 11.8 Å². The van der Waals surface area contributed by atoms with Crippen LogP contribution in [0, 0.1) is 11.8 Å². The van der Waals surface area contributed by atoms with Crippen LogP contribution >= 0.6 is 0 Å². The molecular formula is C24H38O4. The molecule has 3 atom stereocenters. The molecule has 2 N–H and O–H groups in total. The number of hydrogen-bond acceptors (Lipinski definition) is 3. The van der Waals surface area contributed by atoms with Crippen molar-refractivity contribution in [3.05, 3.63) is 36.5 Å². The molecule has 1 fully saturated rings. The van der Waals surface area contributed by atoms with Gasteiger partial charge in [0.1, 0.15) is 5.78 Å². The van der Waals surface area contributed by atoms with Crippen molar-refractivity contribution in [2.24, 2.45) is 11.8 Å². The highest BCUT2D eigenvalue weighted by Gasteiger charge is 2.32. The van der Waals surface area contributed by atoms with Crippen molar-refractivity contribution in [3.63, 3.8) is 0 Å². The Morgan fingerprint density at radius 3 is 2.68 bits per heavy atom. The van der Waals surface area contributed by atoms with Gasteiger partial charge in [-0.25, -0.2) is 0 Å². The van der Waals surface area contributed by atoms with Crippen LogP contribution in [-0.2, 0) is 9.59 Å². The van der Waals surface area contributed by atoms with Crippen LogP contribution in [0.15, 0.2) is 36.5 Å². The minimum absolute atomic E-state index is 0.103. The summed E-state index contributed by atoms with van der Waals surface area (Å²) in [6.45, 7) is 5.96. The van der Waals surface area contributed by atoms with E-state index in [0.29, 0.717) is 24.5 Å². The normalized spacial score (nSPS) is 21.4. The average molecular weight is 391 g/mol. The zero-order valence-corrected chi connectivity index (χ0v) is 17.4. The summed E-state index contributed by atoms with van der Waals surface area (Å²) in [5, 5.41) is 18.7. The number of carbonyl (C=O) groups excluding carboxylic acids is 1. The van der Waals surface area contributed by atoms with Gasteiger partial charge in [0.2, 0.25) is 0 Å². The maximum Gasteiger partial charge on any atom is 0.303 e. The lowest BCUT2D eigenvalue weighted by atomic mass is 9.89. The topological polar surface area (TPSA) is 74.6 Å². The molecule has 0 aromatic heterocycles. The highest BCUT2D eigenvalue weighted by Crippen LogP contribution is 2.34. The lowest BCUT2D eigenvalue weighted by Gasteiger charge is -2.14. The Kier molecular flexibility index (Phi) is 12.5. The summed E-state index contributed by atoms with van der Waals surface area (Å²) in [4.78, 5) is 22.7. The van der Waals surface area contributed by atoms with Crippen LogP contribution in [0.5, 0.6) is 0 Å². The summed E-state index contributed by atoms with van der Waals surface area (Å²) < 4.78 is 0. The molecule has 158 valence electrons. The first kappa shape index (κ1) is 24.4. The molecule has 0 heterocycles. The second kappa shape index (κ2) is 14.3. The molecule has 4 nitrogen and oxygen atoms in total. The molecule has 0 saturated heterocycles. The molecule has 1 unspecified atom stereocenters. The second-order valence-electron chi connectivity index (χ2n) is 7.95. The Balaban J connectivity index is 2.45. The van der Waals surface area contributed by atoms with Crippen molar-refractivity contribution in [2.75, 3.05) is 0 Å². The Bertz CT molecular complexity index is 547. The molecule has 0 aliphatic heterocycles. The molecule has 0 spiro atoms. The first-order valence-electron chi connectivity index (χ1n) is 10.9. The van der Waals surface area contributed by atoms with Gasteiger partial charge < -0.3 is 10.2 Å². The van der Waals surface area contributed by atoms with Crippen LogP contribution in [0.4, 0.5) is 0 Å². The van der Waals surface area contributed by atoms with Crippen LogP contribution in [0.2, 0.25) is 0 Å². The molecule has 1 rings (SSSR count).